The van der Waals surface area contributed by atoms with Gasteiger partial charge in [0.05, 0.1) is 23.5 Å². The molecule has 3 aromatic carbocycles. The van der Waals surface area contributed by atoms with Crippen molar-refractivity contribution in [2.45, 2.75) is 19.6 Å². The fourth-order valence-corrected chi connectivity index (χ4v) is 3.09. The van der Waals surface area contributed by atoms with E-state index in [1.807, 2.05) is 0 Å². The van der Waals surface area contributed by atoms with E-state index in [9.17, 15) is 22.4 Å². The molecule has 0 bridgehead atoms. The molecule has 0 heterocycles. The van der Waals surface area contributed by atoms with Gasteiger partial charge in [0, 0.05) is 17.9 Å². The van der Waals surface area contributed by atoms with E-state index in [0.717, 1.165) is 12.1 Å². The SMILES string of the molecule is CCOC(=O)Nc1ccc(CN(c2ccc(F)cc2)c2cccc(C(F)(F)F)c2)cc1N. The van der Waals surface area contributed by atoms with E-state index in [2.05, 4.69) is 5.32 Å². The molecule has 9 heteroatoms. The lowest BCUT2D eigenvalue weighted by Crippen LogP contribution is -2.18. The van der Waals surface area contributed by atoms with Crippen molar-refractivity contribution in [3.63, 3.8) is 0 Å². The van der Waals surface area contributed by atoms with Crippen LogP contribution in [-0.4, -0.2) is 12.7 Å². The Morgan fingerprint density at radius 1 is 1.03 bits per heavy atom. The quantitative estimate of drug-likeness (QED) is 0.342. The molecule has 0 radical (unpaired) electrons. The van der Waals surface area contributed by atoms with Crippen LogP contribution in [0.1, 0.15) is 18.1 Å². The van der Waals surface area contributed by atoms with Crippen molar-refractivity contribution in [3.05, 3.63) is 83.7 Å². The number of benzene rings is 3. The van der Waals surface area contributed by atoms with Gasteiger partial charge in [-0.05, 0) is 67.1 Å². The maximum Gasteiger partial charge on any atom is 0.416 e. The van der Waals surface area contributed by atoms with Crippen LogP contribution in [0.5, 0.6) is 0 Å². The molecule has 32 heavy (non-hydrogen) atoms. The van der Waals surface area contributed by atoms with Crippen LogP contribution in [0.3, 0.4) is 0 Å². The highest BCUT2D eigenvalue weighted by Gasteiger charge is 2.31. The largest absolute Gasteiger partial charge is 0.450 e. The van der Waals surface area contributed by atoms with Crippen molar-refractivity contribution >= 4 is 28.8 Å². The fraction of sp³-hybridized carbons (Fsp3) is 0.174. The summed E-state index contributed by atoms with van der Waals surface area (Å²) >= 11 is 0. The van der Waals surface area contributed by atoms with Crippen molar-refractivity contribution < 1.29 is 27.1 Å². The summed E-state index contributed by atoms with van der Waals surface area (Å²) in [5.41, 5.74) is 7.29. The standard InChI is InChI=1S/C23H21F4N3O2/c1-2-32-22(31)29-21-11-6-15(12-20(21)28)14-30(18-9-7-17(24)8-10-18)19-5-3-4-16(13-19)23(25,26)27/h3-13H,2,14,28H2,1H3,(H,29,31). The number of amides is 1. The van der Waals surface area contributed by atoms with E-state index in [4.69, 9.17) is 10.5 Å². The van der Waals surface area contributed by atoms with Crippen LogP contribution in [0.25, 0.3) is 0 Å². The number of nitrogens with one attached hydrogen (secondary N) is 1. The van der Waals surface area contributed by atoms with Gasteiger partial charge < -0.3 is 15.4 Å². The Kier molecular flexibility index (Phi) is 6.87. The minimum atomic E-state index is -4.50. The molecular formula is C23H21F4N3O2. The van der Waals surface area contributed by atoms with E-state index in [-0.39, 0.29) is 24.5 Å². The number of anilines is 4. The molecule has 0 aliphatic carbocycles. The maximum absolute atomic E-state index is 13.4. The van der Waals surface area contributed by atoms with Gasteiger partial charge in [-0.1, -0.05) is 12.1 Å². The number of nitrogen functional groups attached to an aromatic ring is 1. The summed E-state index contributed by atoms with van der Waals surface area (Å²) in [5.74, 6) is -0.462. The minimum Gasteiger partial charge on any atom is -0.450 e. The Labute approximate surface area is 182 Å². The van der Waals surface area contributed by atoms with Crippen molar-refractivity contribution in [2.24, 2.45) is 0 Å². The molecule has 3 rings (SSSR count). The van der Waals surface area contributed by atoms with Crippen LogP contribution < -0.4 is 16.0 Å². The van der Waals surface area contributed by atoms with E-state index in [0.29, 0.717) is 16.9 Å². The number of hydrogen-bond donors (Lipinski definition) is 2. The van der Waals surface area contributed by atoms with Gasteiger partial charge in [0.1, 0.15) is 5.82 Å². The van der Waals surface area contributed by atoms with Gasteiger partial charge in [0.15, 0.2) is 0 Å². The van der Waals surface area contributed by atoms with Crippen molar-refractivity contribution in [1.82, 2.24) is 0 Å². The third-order valence-electron chi connectivity index (χ3n) is 4.59. The Morgan fingerprint density at radius 2 is 1.75 bits per heavy atom. The highest BCUT2D eigenvalue weighted by molar-refractivity contribution is 5.89. The predicted molar refractivity (Wildman–Crippen MR) is 115 cm³/mol. The van der Waals surface area contributed by atoms with Crippen LogP contribution in [0.15, 0.2) is 66.7 Å². The maximum atomic E-state index is 13.4. The first kappa shape index (κ1) is 22.9. The first-order valence-electron chi connectivity index (χ1n) is 9.70. The molecule has 5 nitrogen and oxygen atoms in total. The molecular weight excluding hydrogens is 426 g/mol. The van der Waals surface area contributed by atoms with E-state index >= 15 is 0 Å². The van der Waals surface area contributed by atoms with Gasteiger partial charge in [-0.15, -0.1) is 0 Å². The number of ether oxygens (including phenoxy) is 1. The molecule has 0 spiro atoms. The number of carbonyl (C=O) groups excluding carboxylic acids is 1. The molecule has 0 unspecified atom stereocenters. The van der Waals surface area contributed by atoms with Gasteiger partial charge in [-0.3, -0.25) is 5.32 Å². The van der Waals surface area contributed by atoms with Crippen LogP contribution >= 0.6 is 0 Å². The molecule has 0 aromatic heterocycles. The smallest absolute Gasteiger partial charge is 0.416 e. The molecule has 0 saturated carbocycles. The van der Waals surface area contributed by atoms with Gasteiger partial charge in [-0.2, -0.15) is 13.2 Å². The number of nitrogens with two attached hydrogens (primary N) is 1. The lowest BCUT2D eigenvalue weighted by Gasteiger charge is -2.26. The van der Waals surface area contributed by atoms with Gasteiger partial charge in [0.2, 0.25) is 0 Å². The molecule has 0 aliphatic rings. The zero-order valence-electron chi connectivity index (χ0n) is 17.1. The van der Waals surface area contributed by atoms with Crippen LogP contribution in [0.2, 0.25) is 0 Å². The molecule has 0 aliphatic heterocycles. The van der Waals surface area contributed by atoms with Gasteiger partial charge in [-0.25, -0.2) is 9.18 Å². The summed E-state index contributed by atoms with van der Waals surface area (Å²) in [6.07, 6.45) is -5.15. The number of rotatable bonds is 6. The zero-order chi connectivity index (χ0) is 23.3. The summed E-state index contributed by atoms with van der Waals surface area (Å²) in [5, 5.41) is 2.52. The second-order valence-corrected chi connectivity index (χ2v) is 6.88. The third-order valence-corrected chi connectivity index (χ3v) is 4.59. The van der Waals surface area contributed by atoms with Crippen LogP contribution in [0.4, 0.5) is 45.1 Å². The number of carbonyl (C=O) groups is 1. The third kappa shape index (κ3) is 5.69. The summed E-state index contributed by atoms with van der Waals surface area (Å²) in [7, 11) is 0. The normalized spacial score (nSPS) is 11.2. The first-order chi connectivity index (χ1) is 15.2. The van der Waals surface area contributed by atoms with E-state index < -0.39 is 23.7 Å². The molecule has 0 atom stereocenters. The monoisotopic (exact) mass is 447 g/mol. The van der Waals surface area contributed by atoms with Crippen molar-refractivity contribution in [2.75, 3.05) is 22.6 Å². The van der Waals surface area contributed by atoms with Crippen LogP contribution in [-0.2, 0) is 17.5 Å². The molecule has 0 saturated heterocycles. The average Bonchev–Trinajstić information content (AvgIpc) is 2.74. The molecule has 3 aromatic rings. The number of hydrogen-bond acceptors (Lipinski definition) is 4. The van der Waals surface area contributed by atoms with Crippen molar-refractivity contribution in [3.8, 4) is 0 Å². The summed E-state index contributed by atoms with van der Waals surface area (Å²) < 4.78 is 58.0. The van der Waals surface area contributed by atoms with E-state index in [1.54, 1.807) is 36.1 Å². The molecule has 1 amide bonds. The summed E-state index contributed by atoms with van der Waals surface area (Å²) in [4.78, 5) is 13.2. The number of halogens is 4. The number of alkyl halides is 3. The van der Waals surface area contributed by atoms with Gasteiger partial charge >= 0.3 is 12.3 Å². The average molecular weight is 447 g/mol. The Hall–Kier alpha value is -3.75. The fourth-order valence-electron chi connectivity index (χ4n) is 3.09. The molecule has 3 N–H and O–H groups in total. The highest BCUT2D eigenvalue weighted by atomic mass is 19.4. The lowest BCUT2D eigenvalue weighted by molar-refractivity contribution is -0.137. The summed E-state index contributed by atoms with van der Waals surface area (Å²) in [6.45, 7) is 2.02. The highest BCUT2D eigenvalue weighted by Crippen LogP contribution is 2.35. The van der Waals surface area contributed by atoms with Gasteiger partial charge in [0.25, 0.3) is 0 Å². The number of nitrogens with zero attached hydrogens (tertiary/aromatic N) is 1. The molecule has 0 fully saturated rings. The first-order valence-corrected chi connectivity index (χ1v) is 9.70. The van der Waals surface area contributed by atoms with Crippen molar-refractivity contribution in [1.29, 1.82) is 0 Å². The molecule has 168 valence electrons. The zero-order valence-corrected chi connectivity index (χ0v) is 17.1. The second kappa shape index (κ2) is 9.59. The lowest BCUT2D eigenvalue weighted by atomic mass is 10.1. The second-order valence-electron chi connectivity index (χ2n) is 6.88. The van der Waals surface area contributed by atoms with Crippen LogP contribution in [0, 0.1) is 5.82 Å². The minimum absolute atomic E-state index is 0.150. The Balaban J connectivity index is 1.94. The predicted octanol–water partition coefficient (Wildman–Crippen LogP) is 6.33. The topological polar surface area (TPSA) is 67.6 Å². The Bertz CT molecular complexity index is 1090. The summed E-state index contributed by atoms with van der Waals surface area (Å²) in [6, 6.07) is 15.2. The van der Waals surface area contributed by atoms with E-state index in [1.165, 1.54) is 30.3 Å². The Morgan fingerprint density at radius 3 is 2.38 bits per heavy atom.